The van der Waals surface area contributed by atoms with E-state index in [1.54, 1.807) is 0 Å². The number of hydrogen-bond acceptors (Lipinski definition) is 5. The Labute approximate surface area is 138 Å². The molecule has 1 atom stereocenters. The van der Waals surface area contributed by atoms with Crippen LogP contribution in [0.3, 0.4) is 0 Å². The predicted molar refractivity (Wildman–Crippen MR) is 91.5 cm³/mol. The van der Waals surface area contributed by atoms with Gasteiger partial charge in [0.15, 0.2) is 5.13 Å². The van der Waals surface area contributed by atoms with Crippen LogP contribution in [0.25, 0.3) is 11.3 Å². The first-order valence-electron chi connectivity index (χ1n) is 7.47. The number of carbonyl (C=O) groups excluding carboxylic acids is 2. The Morgan fingerprint density at radius 1 is 1.26 bits per heavy atom. The number of carbonyl (C=O) groups is 2. The van der Waals surface area contributed by atoms with Gasteiger partial charge >= 0.3 is 0 Å². The highest BCUT2D eigenvalue weighted by Crippen LogP contribution is 2.26. The summed E-state index contributed by atoms with van der Waals surface area (Å²) in [6.07, 6.45) is 0.870. The number of thiazole rings is 1. The van der Waals surface area contributed by atoms with Crippen molar-refractivity contribution in [3.8, 4) is 11.3 Å². The third-order valence-electron chi connectivity index (χ3n) is 3.67. The molecule has 0 aliphatic carbocycles. The second-order valence-electron chi connectivity index (χ2n) is 5.48. The third kappa shape index (κ3) is 3.94. The summed E-state index contributed by atoms with van der Waals surface area (Å²) in [5.74, 6) is -0.0472. The maximum absolute atomic E-state index is 12.1. The smallest absolute Gasteiger partial charge is 0.230 e. The maximum Gasteiger partial charge on any atom is 0.230 e. The van der Waals surface area contributed by atoms with Crippen molar-refractivity contribution >= 4 is 34.0 Å². The highest BCUT2D eigenvalue weighted by molar-refractivity contribution is 7.14. The number of benzene rings is 1. The lowest BCUT2D eigenvalue weighted by atomic mass is 10.1. The summed E-state index contributed by atoms with van der Waals surface area (Å²) in [5, 5.41) is 11.3. The number of anilines is 2. The lowest BCUT2D eigenvalue weighted by molar-refractivity contribution is -0.119. The molecule has 2 heterocycles. The number of aromatic nitrogens is 1. The second-order valence-corrected chi connectivity index (χ2v) is 6.33. The number of nitrogens with one attached hydrogen (secondary N) is 3. The third-order valence-corrected chi connectivity index (χ3v) is 4.42. The summed E-state index contributed by atoms with van der Waals surface area (Å²) in [4.78, 5) is 27.6. The van der Waals surface area contributed by atoms with Crippen molar-refractivity contribution in [3.63, 3.8) is 0 Å². The summed E-state index contributed by atoms with van der Waals surface area (Å²) in [5.41, 5.74) is 2.50. The van der Waals surface area contributed by atoms with E-state index in [4.69, 9.17) is 0 Å². The Balaban J connectivity index is 1.66. The van der Waals surface area contributed by atoms with Crippen LogP contribution < -0.4 is 16.0 Å². The SMILES string of the molecule is CC(=O)Nc1ccc(-c2csc(NC(=O)C3CCNC3)n2)cc1. The van der Waals surface area contributed by atoms with Gasteiger partial charge in [0.1, 0.15) is 0 Å². The normalized spacial score (nSPS) is 17.0. The van der Waals surface area contributed by atoms with E-state index >= 15 is 0 Å². The first kappa shape index (κ1) is 15.6. The molecule has 0 radical (unpaired) electrons. The lowest BCUT2D eigenvalue weighted by Gasteiger charge is -2.06. The number of nitrogens with zero attached hydrogens (tertiary/aromatic N) is 1. The van der Waals surface area contributed by atoms with Gasteiger partial charge in [0.05, 0.1) is 11.6 Å². The van der Waals surface area contributed by atoms with Crippen LogP contribution in [-0.4, -0.2) is 29.9 Å². The molecule has 2 aromatic rings. The Hall–Kier alpha value is -2.25. The van der Waals surface area contributed by atoms with Crippen LogP contribution >= 0.6 is 11.3 Å². The molecule has 7 heteroatoms. The molecule has 0 saturated carbocycles. The van der Waals surface area contributed by atoms with Crippen molar-refractivity contribution in [2.45, 2.75) is 13.3 Å². The van der Waals surface area contributed by atoms with E-state index in [-0.39, 0.29) is 17.7 Å². The van der Waals surface area contributed by atoms with Gasteiger partial charge < -0.3 is 16.0 Å². The second kappa shape index (κ2) is 6.89. The van der Waals surface area contributed by atoms with Crippen LogP contribution in [0.15, 0.2) is 29.6 Å². The fraction of sp³-hybridized carbons (Fsp3) is 0.312. The summed E-state index contributed by atoms with van der Waals surface area (Å²) in [6, 6.07) is 7.46. The molecule has 1 unspecified atom stereocenters. The van der Waals surface area contributed by atoms with Crippen LogP contribution in [0, 0.1) is 5.92 Å². The molecule has 0 bridgehead atoms. The molecule has 1 aliphatic rings. The van der Waals surface area contributed by atoms with Crippen LogP contribution in [0.5, 0.6) is 0 Å². The van der Waals surface area contributed by atoms with Crippen LogP contribution in [0.2, 0.25) is 0 Å². The quantitative estimate of drug-likeness (QED) is 0.803. The Kier molecular flexibility index (Phi) is 4.68. The van der Waals surface area contributed by atoms with Gasteiger partial charge in [-0.15, -0.1) is 11.3 Å². The summed E-state index contributed by atoms with van der Waals surface area (Å²) < 4.78 is 0. The van der Waals surface area contributed by atoms with Gasteiger partial charge in [-0.3, -0.25) is 9.59 Å². The van der Waals surface area contributed by atoms with E-state index < -0.39 is 0 Å². The lowest BCUT2D eigenvalue weighted by Crippen LogP contribution is -2.24. The van der Waals surface area contributed by atoms with E-state index in [1.807, 2.05) is 29.6 Å². The van der Waals surface area contributed by atoms with Crippen molar-refractivity contribution < 1.29 is 9.59 Å². The minimum absolute atomic E-state index is 0.0249. The fourth-order valence-electron chi connectivity index (χ4n) is 2.48. The minimum Gasteiger partial charge on any atom is -0.326 e. The average Bonchev–Trinajstić information content (AvgIpc) is 3.18. The Bertz CT molecular complexity index is 705. The molecule has 23 heavy (non-hydrogen) atoms. The molecule has 1 aliphatic heterocycles. The molecule has 1 aromatic heterocycles. The molecule has 1 aromatic carbocycles. The van der Waals surface area contributed by atoms with E-state index in [2.05, 4.69) is 20.9 Å². The molecule has 120 valence electrons. The molecule has 6 nitrogen and oxygen atoms in total. The topological polar surface area (TPSA) is 83.1 Å². The average molecular weight is 330 g/mol. The van der Waals surface area contributed by atoms with Gasteiger partial charge in [-0.05, 0) is 25.1 Å². The van der Waals surface area contributed by atoms with E-state index in [1.165, 1.54) is 18.3 Å². The molecule has 1 saturated heterocycles. The summed E-state index contributed by atoms with van der Waals surface area (Å²) >= 11 is 1.41. The molecule has 2 amide bonds. The summed E-state index contributed by atoms with van der Waals surface area (Å²) in [7, 11) is 0. The molecule has 3 rings (SSSR count). The van der Waals surface area contributed by atoms with Crippen molar-refractivity contribution in [1.29, 1.82) is 0 Å². The number of rotatable bonds is 4. The fourth-order valence-corrected chi connectivity index (χ4v) is 3.20. The Morgan fingerprint density at radius 2 is 2.04 bits per heavy atom. The van der Waals surface area contributed by atoms with Gasteiger partial charge in [0.25, 0.3) is 0 Å². The highest BCUT2D eigenvalue weighted by Gasteiger charge is 2.23. The zero-order valence-electron chi connectivity index (χ0n) is 12.8. The van der Waals surface area contributed by atoms with Crippen molar-refractivity contribution in [1.82, 2.24) is 10.3 Å². The van der Waals surface area contributed by atoms with Gasteiger partial charge in [-0.25, -0.2) is 4.98 Å². The van der Waals surface area contributed by atoms with Crippen LogP contribution in [0.1, 0.15) is 13.3 Å². The van der Waals surface area contributed by atoms with Gasteiger partial charge in [0, 0.05) is 30.1 Å². The van der Waals surface area contributed by atoms with Gasteiger partial charge in [0.2, 0.25) is 11.8 Å². The zero-order valence-corrected chi connectivity index (χ0v) is 13.6. The van der Waals surface area contributed by atoms with E-state index in [0.717, 1.165) is 36.5 Å². The van der Waals surface area contributed by atoms with E-state index in [0.29, 0.717) is 5.13 Å². The van der Waals surface area contributed by atoms with Gasteiger partial charge in [-0.2, -0.15) is 0 Å². The first-order chi connectivity index (χ1) is 11.1. The standard InChI is InChI=1S/C16H18N4O2S/c1-10(21)18-13-4-2-11(3-5-13)14-9-23-16(19-14)20-15(22)12-6-7-17-8-12/h2-5,9,12,17H,6-8H2,1H3,(H,18,21)(H,19,20,22). The molecular weight excluding hydrogens is 312 g/mol. The molecule has 3 N–H and O–H groups in total. The minimum atomic E-state index is -0.0993. The first-order valence-corrected chi connectivity index (χ1v) is 8.35. The van der Waals surface area contributed by atoms with Crippen molar-refractivity contribution in [2.75, 3.05) is 23.7 Å². The molecule has 0 spiro atoms. The van der Waals surface area contributed by atoms with Crippen molar-refractivity contribution in [2.24, 2.45) is 5.92 Å². The van der Waals surface area contributed by atoms with Crippen LogP contribution in [-0.2, 0) is 9.59 Å². The predicted octanol–water partition coefficient (Wildman–Crippen LogP) is 2.32. The number of amides is 2. The molecular formula is C16H18N4O2S. The number of hydrogen-bond donors (Lipinski definition) is 3. The maximum atomic E-state index is 12.1. The Morgan fingerprint density at radius 3 is 2.70 bits per heavy atom. The van der Waals surface area contributed by atoms with Crippen LogP contribution in [0.4, 0.5) is 10.8 Å². The van der Waals surface area contributed by atoms with Gasteiger partial charge in [-0.1, -0.05) is 12.1 Å². The highest BCUT2D eigenvalue weighted by atomic mass is 32.1. The van der Waals surface area contributed by atoms with E-state index in [9.17, 15) is 9.59 Å². The summed E-state index contributed by atoms with van der Waals surface area (Å²) in [6.45, 7) is 3.10. The molecule has 1 fully saturated rings. The monoisotopic (exact) mass is 330 g/mol. The largest absolute Gasteiger partial charge is 0.326 e. The zero-order chi connectivity index (χ0) is 16.2. The van der Waals surface area contributed by atoms with Crippen molar-refractivity contribution in [3.05, 3.63) is 29.6 Å².